The molecule has 0 unspecified atom stereocenters. The van der Waals surface area contributed by atoms with Crippen molar-refractivity contribution in [3.05, 3.63) is 48.6 Å². The molecule has 0 heterocycles. The quantitative estimate of drug-likeness (QED) is 0.102. The Morgan fingerprint density at radius 2 is 1.27 bits per heavy atom. The Labute approximate surface area is 240 Å². The molecule has 0 bridgehead atoms. The number of rotatable bonds is 22. The van der Waals surface area contributed by atoms with Gasteiger partial charge >= 0.3 is 11.9 Å². The van der Waals surface area contributed by atoms with Gasteiger partial charge in [0.15, 0.2) is 0 Å². The molecule has 0 aliphatic carbocycles. The maximum absolute atomic E-state index is 12.1. The number of phenolic OH excluding ortho intramolecular Hbond substituents is 1. The van der Waals surface area contributed by atoms with Crippen LogP contribution < -0.4 is 4.74 Å². The highest BCUT2D eigenvalue weighted by molar-refractivity contribution is 5.69. The third kappa shape index (κ3) is 13.0. The minimum atomic E-state index is -0.398. The van der Waals surface area contributed by atoms with E-state index >= 15 is 0 Å². The number of aromatic hydroxyl groups is 1. The lowest BCUT2D eigenvalue weighted by atomic mass is 9.75. The van der Waals surface area contributed by atoms with Gasteiger partial charge in [0.2, 0.25) is 0 Å². The molecule has 0 amide bonds. The van der Waals surface area contributed by atoms with Gasteiger partial charge in [0.1, 0.15) is 24.7 Å². The first-order valence-corrected chi connectivity index (χ1v) is 14.2. The Bertz CT molecular complexity index is 935. The van der Waals surface area contributed by atoms with E-state index in [1.165, 1.54) is 0 Å². The summed E-state index contributed by atoms with van der Waals surface area (Å²) in [6.45, 7) is 19.8. The molecule has 0 radical (unpaired) electrons. The highest BCUT2D eigenvalue weighted by Crippen LogP contribution is 2.44. The largest absolute Gasteiger partial charge is 0.508 e. The number of carbonyl (C=O) groups excluding carboxylic acids is 2. The molecule has 0 spiro atoms. The molecule has 0 saturated carbocycles. The molecule has 8 heteroatoms. The summed E-state index contributed by atoms with van der Waals surface area (Å²) in [5, 5.41) is 11.1. The van der Waals surface area contributed by atoms with Gasteiger partial charge in [-0.15, -0.1) is 13.2 Å². The Kier molecular flexibility index (Phi) is 16.3. The molecule has 1 aromatic carbocycles. The summed E-state index contributed by atoms with van der Waals surface area (Å²) in [6, 6.07) is 3.71. The average Bonchev–Trinajstić information content (AvgIpc) is 2.89. The molecule has 1 aromatic rings. The van der Waals surface area contributed by atoms with Crippen LogP contribution in [-0.2, 0) is 39.4 Å². The van der Waals surface area contributed by atoms with Crippen molar-refractivity contribution in [2.45, 2.75) is 84.0 Å². The third-order valence-corrected chi connectivity index (χ3v) is 6.67. The van der Waals surface area contributed by atoms with E-state index < -0.39 is 5.41 Å². The summed E-state index contributed by atoms with van der Waals surface area (Å²) in [7, 11) is 0. The highest BCUT2D eigenvalue weighted by Gasteiger charge is 2.30. The molecule has 1 N–H and O–H groups in total. The summed E-state index contributed by atoms with van der Waals surface area (Å²) in [5.74, 6) is 0.388. The van der Waals surface area contributed by atoms with Crippen LogP contribution in [0.2, 0.25) is 0 Å². The number of hydrogen-bond acceptors (Lipinski definition) is 8. The third-order valence-electron chi connectivity index (χ3n) is 6.67. The summed E-state index contributed by atoms with van der Waals surface area (Å²) < 4.78 is 26.9. The fourth-order valence-electron chi connectivity index (χ4n) is 4.44. The number of phenols is 1. The van der Waals surface area contributed by atoms with Gasteiger partial charge < -0.3 is 28.8 Å². The molecule has 0 aromatic heterocycles. The molecule has 0 aliphatic rings. The minimum Gasteiger partial charge on any atom is -0.508 e. The zero-order chi connectivity index (χ0) is 30.0. The van der Waals surface area contributed by atoms with Gasteiger partial charge in [0, 0.05) is 24.0 Å². The lowest BCUT2D eigenvalue weighted by molar-refractivity contribution is -0.146. The van der Waals surface area contributed by atoms with Crippen molar-refractivity contribution in [3.8, 4) is 11.5 Å². The molecule has 0 atom stereocenters. The van der Waals surface area contributed by atoms with Crippen molar-refractivity contribution in [3.63, 3.8) is 0 Å². The van der Waals surface area contributed by atoms with Crippen LogP contribution in [0.25, 0.3) is 0 Å². The smallest absolute Gasteiger partial charge is 0.305 e. The van der Waals surface area contributed by atoms with Crippen molar-refractivity contribution in [2.75, 3.05) is 46.2 Å². The molecule has 0 aliphatic heterocycles. The van der Waals surface area contributed by atoms with Crippen LogP contribution in [-0.4, -0.2) is 63.3 Å². The van der Waals surface area contributed by atoms with Crippen LogP contribution >= 0.6 is 0 Å². The second-order valence-corrected chi connectivity index (χ2v) is 10.9. The Morgan fingerprint density at radius 3 is 1.73 bits per heavy atom. The van der Waals surface area contributed by atoms with E-state index in [1.54, 1.807) is 18.2 Å². The standard InChI is InChI=1S/C32H50O8/c1-8-17-36-19-21-39-29(34)13-11-15-31(4,5)25-24-28(38-10-3)26(23-27(25)33)32(6,7)16-12-14-30(35)40-22-20-37-18-9-2/h8-9,23-24,33H,1-2,10-22H2,3-7H3. The van der Waals surface area contributed by atoms with Crippen LogP contribution in [0, 0.1) is 0 Å². The lowest BCUT2D eigenvalue weighted by Gasteiger charge is -2.31. The average molecular weight is 563 g/mol. The van der Waals surface area contributed by atoms with Gasteiger partial charge in [-0.05, 0) is 55.6 Å². The number of hydrogen-bond donors (Lipinski definition) is 1. The van der Waals surface area contributed by atoms with Gasteiger partial charge in [0.25, 0.3) is 0 Å². The zero-order valence-corrected chi connectivity index (χ0v) is 25.2. The first-order chi connectivity index (χ1) is 19.0. The minimum absolute atomic E-state index is 0.192. The summed E-state index contributed by atoms with van der Waals surface area (Å²) in [5.41, 5.74) is 0.909. The Hall–Kier alpha value is -2.84. The molecule has 8 nitrogen and oxygen atoms in total. The van der Waals surface area contributed by atoms with Crippen LogP contribution in [0.3, 0.4) is 0 Å². The van der Waals surface area contributed by atoms with E-state index in [4.69, 9.17) is 23.7 Å². The highest BCUT2D eigenvalue weighted by atomic mass is 16.6. The Morgan fingerprint density at radius 1 is 0.800 bits per heavy atom. The van der Waals surface area contributed by atoms with E-state index in [1.807, 2.05) is 26.8 Å². The maximum Gasteiger partial charge on any atom is 0.305 e. The molecular weight excluding hydrogens is 512 g/mol. The maximum atomic E-state index is 12.1. The number of carbonyl (C=O) groups is 2. The first-order valence-electron chi connectivity index (χ1n) is 14.2. The topological polar surface area (TPSA) is 101 Å². The predicted octanol–water partition coefficient (Wildman–Crippen LogP) is 6.18. The van der Waals surface area contributed by atoms with Gasteiger partial charge in [-0.2, -0.15) is 0 Å². The fraction of sp³-hybridized carbons (Fsp3) is 0.625. The molecular formula is C32H50O8. The number of benzene rings is 1. The van der Waals surface area contributed by atoms with Crippen molar-refractivity contribution in [1.29, 1.82) is 0 Å². The van der Waals surface area contributed by atoms with E-state index in [0.717, 1.165) is 11.1 Å². The summed E-state index contributed by atoms with van der Waals surface area (Å²) >= 11 is 0. The normalized spacial score (nSPS) is 11.6. The SMILES string of the molecule is C=CCOCCOC(=O)CCCC(C)(C)c1cc(OCC)c(C(C)(C)CCCC(=O)OCCOCC=C)cc1O. The summed E-state index contributed by atoms with van der Waals surface area (Å²) in [4.78, 5) is 24.2. The monoisotopic (exact) mass is 562 g/mol. The fourth-order valence-corrected chi connectivity index (χ4v) is 4.44. The van der Waals surface area contributed by atoms with Crippen LogP contribution in [0.5, 0.6) is 11.5 Å². The Balaban J connectivity index is 2.78. The van der Waals surface area contributed by atoms with E-state index in [9.17, 15) is 14.7 Å². The number of ether oxygens (including phenoxy) is 5. The van der Waals surface area contributed by atoms with Crippen molar-refractivity contribution in [2.24, 2.45) is 0 Å². The van der Waals surface area contributed by atoms with E-state index in [0.29, 0.717) is 77.3 Å². The van der Waals surface area contributed by atoms with Crippen molar-refractivity contribution >= 4 is 11.9 Å². The van der Waals surface area contributed by atoms with E-state index in [-0.39, 0.29) is 36.3 Å². The van der Waals surface area contributed by atoms with Crippen LogP contribution in [0.4, 0.5) is 0 Å². The first kappa shape index (κ1) is 35.2. The lowest BCUT2D eigenvalue weighted by Crippen LogP contribution is -2.22. The molecule has 226 valence electrons. The van der Waals surface area contributed by atoms with Crippen LogP contribution in [0.15, 0.2) is 37.4 Å². The molecule has 1 rings (SSSR count). The zero-order valence-electron chi connectivity index (χ0n) is 25.2. The van der Waals surface area contributed by atoms with Crippen molar-refractivity contribution < 1.29 is 38.4 Å². The molecule has 40 heavy (non-hydrogen) atoms. The van der Waals surface area contributed by atoms with Gasteiger partial charge in [-0.1, -0.05) is 39.8 Å². The van der Waals surface area contributed by atoms with Gasteiger partial charge in [-0.25, -0.2) is 0 Å². The molecule has 0 saturated heterocycles. The second-order valence-electron chi connectivity index (χ2n) is 10.9. The molecule has 0 fully saturated rings. The van der Waals surface area contributed by atoms with Crippen molar-refractivity contribution in [1.82, 2.24) is 0 Å². The number of esters is 2. The second kappa shape index (κ2) is 18.5. The predicted molar refractivity (Wildman–Crippen MR) is 157 cm³/mol. The van der Waals surface area contributed by atoms with Crippen LogP contribution in [0.1, 0.15) is 84.3 Å². The summed E-state index contributed by atoms with van der Waals surface area (Å²) in [6.07, 6.45) is 6.52. The van der Waals surface area contributed by atoms with Gasteiger partial charge in [-0.3, -0.25) is 9.59 Å². The van der Waals surface area contributed by atoms with E-state index in [2.05, 4.69) is 27.0 Å². The van der Waals surface area contributed by atoms with Gasteiger partial charge in [0.05, 0.1) is 33.0 Å².